The second-order valence-corrected chi connectivity index (χ2v) is 5.49. The standard InChI is InChI=1S/C18H23N3O3/c1-4-12-21-17(22)11-10-16(20-21)18(23)19-15(5-2)13-6-8-14(24-3)9-7-13/h6-11,15H,4-5,12H2,1-3H3,(H,19,23)/t15-/m1/s1. The van der Waals surface area contributed by atoms with Gasteiger partial charge in [0.1, 0.15) is 11.4 Å². The first kappa shape index (κ1) is 17.7. The van der Waals surface area contributed by atoms with E-state index in [9.17, 15) is 9.59 Å². The lowest BCUT2D eigenvalue weighted by atomic mass is 10.0. The quantitative estimate of drug-likeness (QED) is 0.847. The zero-order valence-electron chi connectivity index (χ0n) is 14.3. The zero-order valence-corrected chi connectivity index (χ0v) is 14.3. The number of rotatable bonds is 7. The van der Waals surface area contributed by atoms with Gasteiger partial charge in [0.25, 0.3) is 11.5 Å². The van der Waals surface area contributed by atoms with Crippen molar-refractivity contribution in [3.05, 3.63) is 58.0 Å². The smallest absolute Gasteiger partial charge is 0.272 e. The van der Waals surface area contributed by atoms with Gasteiger partial charge in [0.05, 0.1) is 13.2 Å². The van der Waals surface area contributed by atoms with Crippen LogP contribution in [0.4, 0.5) is 0 Å². The molecule has 1 heterocycles. The molecule has 0 saturated carbocycles. The predicted octanol–water partition coefficient (Wildman–Crippen LogP) is 2.54. The maximum Gasteiger partial charge on any atom is 0.272 e. The maximum atomic E-state index is 12.5. The Hall–Kier alpha value is -2.63. The van der Waals surface area contributed by atoms with Gasteiger partial charge in [-0.2, -0.15) is 5.10 Å². The van der Waals surface area contributed by atoms with E-state index in [4.69, 9.17) is 4.74 Å². The summed E-state index contributed by atoms with van der Waals surface area (Å²) in [6.45, 7) is 4.45. The van der Waals surface area contributed by atoms with Crippen molar-refractivity contribution in [2.75, 3.05) is 7.11 Å². The summed E-state index contributed by atoms with van der Waals surface area (Å²) in [6, 6.07) is 10.3. The number of carbonyl (C=O) groups excluding carboxylic acids is 1. The molecule has 6 nitrogen and oxygen atoms in total. The first-order valence-electron chi connectivity index (χ1n) is 8.12. The number of ether oxygens (including phenoxy) is 1. The second kappa shape index (κ2) is 8.29. The molecule has 0 aliphatic carbocycles. The molecule has 1 atom stereocenters. The Bertz CT molecular complexity index is 738. The predicted molar refractivity (Wildman–Crippen MR) is 92.3 cm³/mol. The summed E-state index contributed by atoms with van der Waals surface area (Å²) in [6.07, 6.45) is 1.52. The van der Waals surface area contributed by atoms with Gasteiger partial charge < -0.3 is 10.1 Å². The Labute approximate surface area is 141 Å². The van der Waals surface area contributed by atoms with Crippen LogP contribution >= 0.6 is 0 Å². The van der Waals surface area contributed by atoms with Crippen LogP contribution in [0, 0.1) is 0 Å². The molecule has 0 aliphatic heterocycles. The van der Waals surface area contributed by atoms with Gasteiger partial charge in [-0.3, -0.25) is 9.59 Å². The van der Waals surface area contributed by atoms with Crippen LogP contribution in [0.3, 0.4) is 0 Å². The summed E-state index contributed by atoms with van der Waals surface area (Å²) in [5, 5.41) is 7.11. The number of nitrogens with one attached hydrogen (secondary N) is 1. The SMILES string of the molecule is CCCn1nc(C(=O)N[C@H](CC)c2ccc(OC)cc2)ccc1=O. The molecule has 2 rings (SSSR count). The van der Waals surface area contributed by atoms with Gasteiger partial charge in [-0.05, 0) is 36.6 Å². The molecule has 24 heavy (non-hydrogen) atoms. The highest BCUT2D eigenvalue weighted by Gasteiger charge is 2.16. The summed E-state index contributed by atoms with van der Waals surface area (Å²) < 4.78 is 6.47. The molecular weight excluding hydrogens is 306 g/mol. The van der Waals surface area contributed by atoms with Crippen LogP contribution in [0.15, 0.2) is 41.2 Å². The van der Waals surface area contributed by atoms with Gasteiger partial charge in [0, 0.05) is 12.6 Å². The molecule has 0 unspecified atom stereocenters. The number of benzene rings is 1. The summed E-state index contributed by atoms with van der Waals surface area (Å²) in [4.78, 5) is 24.2. The fraction of sp³-hybridized carbons (Fsp3) is 0.389. The van der Waals surface area contributed by atoms with Crippen molar-refractivity contribution in [2.45, 2.75) is 39.3 Å². The van der Waals surface area contributed by atoms with E-state index in [2.05, 4.69) is 10.4 Å². The number of hydrogen-bond donors (Lipinski definition) is 1. The molecular formula is C18H23N3O3. The normalized spacial score (nSPS) is 11.8. The van der Waals surface area contributed by atoms with Crippen LogP contribution in [-0.4, -0.2) is 22.8 Å². The van der Waals surface area contributed by atoms with E-state index >= 15 is 0 Å². The maximum absolute atomic E-state index is 12.5. The van der Waals surface area contributed by atoms with Gasteiger partial charge >= 0.3 is 0 Å². The number of nitrogens with zero attached hydrogens (tertiary/aromatic N) is 2. The molecule has 2 aromatic rings. The number of amides is 1. The first-order valence-corrected chi connectivity index (χ1v) is 8.12. The van der Waals surface area contributed by atoms with Crippen molar-refractivity contribution >= 4 is 5.91 Å². The van der Waals surface area contributed by atoms with Crippen molar-refractivity contribution in [2.24, 2.45) is 0 Å². The van der Waals surface area contributed by atoms with Gasteiger partial charge in [-0.25, -0.2) is 4.68 Å². The lowest BCUT2D eigenvalue weighted by molar-refractivity contribution is 0.0928. The van der Waals surface area contributed by atoms with E-state index in [-0.39, 0.29) is 23.2 Å². The molecule has 0 spiro atoms. The number of carbonyl (C=O) groups is 1. The highest BCUT2D eigenvalue weighted by atomic mass is 16.5. The van der Waals surface area contributed by atoms with Crippen molar-refractivity contribution in [3.63, 3.8) is 0 Å². The minimum Gasteiger partial charge on any atom is -0.497 e. The van der Waals surface area contributed by atoms with Crippen LogP contribution in [0.1, 0.15) is 48.8 Å². The number of hydrogen-bond acceptors (Lipinski definition) is 4. The zero-order chi connectivity index (χ0) is 17.5. The van der Waals surface area contributed by atoms with Crippen molar-refractivity contribution < 1.29 is 9.53 Å². The molecule has 1 aromatic carbocycles. The first-order chi connectivity index (χ1) is 11.6. The van der Waals surface area contributed by atoms with Crippen LogP contribution in [0.2, 0.25) is 0 Å². The minimum absolute atomic E-state index is 0.128. The van der Waals surface area contributed by atoms with E-state index in [1.807, 2.05) is 38.1 Å². The Kier molecular flexibility index (Phi) is 6.12. The molecule has 0 saturated heterocycles. The monoisotopic (exact) mass is 329 g/mol. The van der Waals surface area contributed by atoms with Gasteiger partial charge in [0.15, 0.2) is 0 Å². The molecule has 1 N–H and O–H groups in total. The fourth-order valence-electron chi connectivity index (χ4n) is 2.43. The fourth-order valence-corrected chi connectivity index (χ4v) is 2.43. The lowest BCUT2D eigenvalue weighted by Crippen LogP contribution is -2.32. The Morgan fingerprint density at radius 1 is 1.21 bits per heavy atom. The highest BCUT2D eigenvalue weighted by molar-refractivity contribution is 5.92. The molecule has 1 amide bonds. The van der Waals surface area contributed by atoms with Gasteiger partial charge in [-0.1, -0.05) is 26.0 Å². The summed E-state index contributed by atoms with van der Waals surface area (Å²) >= 11 is 0. The van der Waals surface area contributed by atoms with Gasteiger partial charge in [-0.15, -0.1) is 0 Å². The molecule has 0 bridgehead atoms. The highest BCUT2D eigenvalue weighted by Crippen LogP contribution is 2.20. The van der Waals surface area contributed by atoms with Crippen molar-refractivity contribution in [1.29, 1.82) is 0 Å². The molecule has 0 radical (unpaired) electrons. The van der Waals surface area contributed by atoms with E-state index in [1.54, 1.807) is 7.11 Å². The molecule has 6 heteroatoms. The molecule has 0 aliphatic rings. The van der Waals surface area contributed by atoms with Crippen LogP contribution in [0.5, 0.6) is 5.75 Å². The van der Waals surface area contributed by atoms with E-state index in [0.717, 1.165) is 24.2 Å². The number of aryl methyl sites for hydroxylation is 1. The topological polar surface area (TPSA) is 73.2 Å². The summed E-state index contributed by atoms with van der Waals surface area (Å²) in [7, 11) is 1.62. The Morgan fingerprint density at radius 3 is 2.50 bits per heavy atom. The average Bonchev–Trinajstić information content (AvgIpc) is 2.61. The van der Waals surface area contributed by atoms with Crippen molar-refractivity contribution in [3.8, 4) is 5.75 Å². The lowest BCUT2D eigenvalue weighted by Gasteiger charge is -2.17. The van der Waals surface area contributed by atoms with E-state index in [1.165, 1.54) is 16.8 Å². The molecule has 128 valence electrons. The van der Waals surface area contributed by atoms with E-state index < -0.39 is 0 Å². The average molecular weight is 329 g/mol. The minimum atomic E-state index is -0.289. The van der Waals surface area contributed by atoms with Crippen LogP contribution in [-0.2, 0) is 6.54 Å². The number of methoxy groups -OCH3 is 1. The van der Waals surface area contributed by atoms with Crippen LogP contribution < -0.4 is 15.6 Å². The largest absolute Gasteiger partial charge is 0.497 e. The summed E-state index contributed by atoms with van der Waals surface area (Å²) in [5.74, 6) is 0.482. The van der Waals surface area contributed by atoms with Crippen molar-refractivity contribution in [1.82, 2.24) is 15.1 Å². The summed E-state index contributed by atoms with van der Waals surface area (Å²) in [5.41, 5.74) is 1.04. The third kappa shape index (κ3) is 4.22. The Morgan fingerprint density at radius 2 is 1.92 bits per heavy atom. The third-order valence-corrected chi connectivity index (χ3v) is 3.77. The number of aromatic nitrogens is 2. The molecule has 1 aromatic heterocycles. The second-order valence-electron chi connectivity index (χ2n) is 5.49. The third-order valence-electron chi connectivity index (χ3n) is 3.77. The Balaban J connectivity index is 2.16. The van der Waals surface area contributed by atoms with E-state index in [0.29, 0.717) is 6.54 Å². The van der Waals surface area contributed by atoms with Crippen LogP contribution in [0.25, 0.3) is 0 Å². The van der Waals surface area contributed by atoms with Gasteiger partial charge in [0.2, 0.25) is 0 Å². The molecule has 0 fully saturated rings.